The van der Waals surface area contributed by atoms with Gasteiger partial charge in [-0.3, -0.25) is 4.79 Å². The van der Waals surface area contributed by atoms with Crippen molar-refractivity contribution in [1.29, 1.82) is 0 Å². The van der Waals surface area contributed by atoms with Gasteiger partial charge in [0, 0.05) is 0 Å². The van der Waals surface area contributed by atoms with E-state index in [1.807, 2.05) is 29.6 Å². The first-order chi connectivity index (χ1) is 7.75. The molecule has 0 aliphatic carbocycles. The minimum absolute atomic E-state index is 0.457. The molecule has 0 aliphatic rings. The summed E-state index contributed by atoms with van der Waals surface area (Å²) in [5.41, 5.74) is 3.31. The third-order valence-corrected chi connectivity index (χ3v) is 2.96. The summed E-state index contributed by atoms with van der Waals surface area (Å²) in [5.74, 6) is 0. The smallest absolute Gasteiger partial charge is 0.245 e. The van der Waals surface area contributed by atoms with Crippen LogP contribution < -0.4 is 0 Å². The normalized spacial score (nSPS) is 10.8. The SMILES string of the molecule is O=C(Cl)/C=C/c1cccc(-c2ccsc2)c1. The molecule has 16 heavy (non-hydrogen) atoms. The number of hydrogen-bond donors (Lipinski definition) is 0. The molecule has 3 heteroatoms. The summed E-state index contributed by atoms with van der Waals surface area (Å²) in [5, 5.41) is 3.68. The van der Waals surface area contributed by atoms with Crippen LogP contribution in [0.3, 0.4) is 0 Å². The summed E-state index contributed by atoms with van der Waals surface area (Å²) in [7, 11) is 0. The Hall–Kier alpha value is -1.38. The summed E-state index contributed by atoms with van der Waals surface area (Å²) in [6.07, 6.45) is 3.07. The number of carbonyl (C=O) groups is 1. The molecule has 1 aromatic heterocycles. The topological polar surface area (TPSA) is 17.1 Å². The lowest BCUT2D eigenvalue weighted by molar-refractivity contribution is -0.107. The fraction of sp³-hybridized carbons (Fsp3) is 0. The molecule has 0 aliphatic heterocycles. The predicted molar refractivity (Wildman–Crippen MR) is 69.6 cm³/mol. The Kier molecular flexibility index (Phi) is 3.54. The lowest BCUT2D eigenvalue weighted by Crippen LogP contribution is -1.78. The molecule has 0 bridgehead atoms. The van der Waals surface area contributed by atoms with Crippen LogP contribution in [0.2, 0.25) is 0 Å². The highest BCUT2D eigenvalue weighted by molar-refractivity contribution is 7.08. The molecule has 0 atom stereocenters. The first kappa shape index (κ1) is 11.1. The maximum atomic E-state index is 10.6. The van der Waals surface area contributed by atoms with Crippen LogP contribution in [0.4, 0.5) is 0 Å². The van der Waals surface area contributed by atoms with Crippen LogP contribution in [0, 0.1) is 0 Å². The lowest BCUT2D eigenvalue weighted by atomic mass is 10.1. The molecule has 2 rings (SSSR count). The molecule has 80 valence electrons. The Morgan fingerprint density at radius 1 is 1.25 bits per heavy atom. The van der Waals surface area contributed by atoms with Crippen molar-refractivity contribution in [3.8, 4) is 11.1 Å². The van der Waals surface area contributed by atoms with Crippen LogP contribution in [-0.2, 0) is 4.79 Å². The van der Waals surface area contributed by atoms with Crippen molar-refractivity contribution in [3.05, 3.63) is 52.7 Å². The van der Waals surface area contributed by atoms with E-state index in [1.165, 1.54) is 11.6 Å². The van der Waals surface area contributed by atoms with E-state index in [1.54, 1.807) is 17.4 Å². The Bertz CT molecular complexity index is 514. The zero-order valence-corrected chi connectivity index (χ0v) is 9.96. The predicted octanol–water partition coefficient (Wildman–Crippen LogP) is 4.19. The fourth-order valence-electron chi connectivity index (χ4n) is 1.41. The summed E-state index contributed by atoms with van der Waals surface area (Å²) in [6.45, 7) is 0. The number of allylic oxidation sites excluding steroid dienone is 1. The molecule has 0 saturated heterocycles. The Morgan fingerprint density at radius 3 is 2.81 bits per heavy atom. The zero-order valence-electron chi connectivity index (χ0n) is 8.39. The Balaban J connectivity index is 2.30. The first-order valence-corrected chi connectivity index (χ1v) is 6.08. The molecule has 0 unspecified atom stereocenters. The van der Waals surface area contributed by atoms with Gasteiger partial charge in [-0.25, -0.2) is 0 Å². The number of benzene rings is 1. The number of hydrogen-bond acceptors (Lipinski definition) is 2. The van der Waals surface area contributed by atoms with Gasteiger partial charge in [0.1, 0.15) is 0 Å². The van der Waals surface area contributed by atoms with Gasteiger partial charge in [-0.15, -0.1) is 0 Å². The van der Waals surface area contributed by atoms with E-state index in [0.717, 1.165) is 11.1 Å². The van der Waals surface area contributed by atoms with Gasteiger partial charge in [0.05, 0.1) is 0 Å². The van der Waals surface area contributed by atoms with Crippen LogP contribution in [0.1, 0.15) is 5.56 Å². The second-order valence-corrected chi connectivity index (χ2v) is 4.43. The summed E-state index contributed by atoms with van der Waals surface area (Å²) in [6, 6.07) is 10.0. The first-order valence-electron chi connectivity index (χ1n) is 4.76. The quantitative estimate of drug-likeness (QED) is 0.588. The van der Waals surface area contributed by atoms with Gasteiger partial charge >= 0.3 is 0 Å². The summed E-state index contributed by atoms with van der Waals surface area (Å²) in [4.78, 5) is 10.6. The second-order valence-electron chi connectivity index (χ2n) is 3.27. The maximum Gasteiger partial charge on any atom is 0.245 e. The van der Waals surface area contributed by atoms with E-state index in [9.17, 15) is 4.79 Å². The number of rotatable bonds is 3. The van der Waals surface area contributed by atoms with E-state index >= 15 is 0 Å². The van der Waals surface area contributed by atoms with Crippen LogP contribution in [0.5, 0.6) is 0 Å². The van der Waals surface area contributed by atoms with E-state index < -0.39 is 5.24 Å². The van der Waals surface area contributed by atoms with Crippen molar-refractivity contribution in [2.45, 2.75) is 0 Å². The highest BCUT2D eigenvalue weighted by Gasteiger charge is 1.98. The summed E-state index contributed by atoms with van der Waals surface area (Å²) < 4.78 is 0. The average Bonchev–Trinajstić information content (AvgIpc) is 2.80. The van der Waals surface area contributed by atoms with Crippen molar-refractivity contribution in [1.82, 2.24) is 0 Å². The van der Waals surface area contributed by atoms with Gasteiger partial charge in [0.15, 0.2) is 0 Å². The van der Waals surface area contributed by atoms with Crippen molar-refractivity contribution in [2.75, 3.05) is 0 Å². The van der Waals surface area contributed by atoms with Crippen LogP contribution >= 0.6 is 22.9 Å². The minimum atomic E-state index is -0.457. The third kappa shape index (κ3) is 2.81. The highest BCUT2D eigenvalue weighted by Crippen LogP contribution is 2.23. The molecule has 1 nitrogen and oxygen atoms in total. The highest BCUT2D eigenvalue weighted by atomic mass is 35.5. The van der Waals surface area contributed by atoms with E-state index in [-0.39, 0.29) is 0 Å². The summed E-state index contributed by atoms with van der Waals surface area (Å²) >= 11 is 6.91. The van der Waals surface area contributed by atoms with E-state index in [0.29, 0.717) is 0 Å². The van der Waals surface area contributed by atoms with Crippen LogP contribution in [-0.4, -0.2) is 5.24 Å². The standard InChI is InChI=1S/C13H9ClOS/c14-13(15)5-4-10-2-1-3-11(8-10)12-6-7-16-9-12/h1-9H/b5-4+. The largest absolute Gasteiger partial charge is 0.276 e. The van der Waals surface area contributed by atoms with Crippen LogP contribution in [0.25, 0.3) is 17.2 Å². The monoisotopic (exact) mass is 248 g/mol. The zero-order chi connectivity index (χ0) is 11.4. The Labute approximate surface area is 103 Å². The fourth-order valence-corrected chi connectivity index (χ4v) is 2.14. The number of thiophene rings is 1. The second kappa shape index (κ2) is 5.10. The number of halogens is 1. The van der Waals surface area contributed by atoms with Crippen molar-refractivity contribution < 1.29 is 4.79 Å². The molecule has 0 spiro atoms. The van der Waals surface area contributed by atoms with Gasteiger partial charge < -0.3 is 0 Å². The van der Waals surface area contributed by atoms with E-state index in [2.05, 4.69) is 11.4 Å². The molecular weight excluding hydrogens is 240 g/mol. The molecule has 0 fully saturated rings. The van der Waals surface area contributed by atoms with Gasteiger partial charge in [0.25, 0.3) is 0 Å². The molecule has 0 amide bonds. The molecule has 2 aromatic rings. The van der Waals surface area contributed by atoms with Crippen LogP contribution in [0.15, 0.2) is 47.2 Å². The van der Waals surface area contributed by atoms with E-state index in [4.69, 9.17) is 11.6 Å². The molecular formula is C13H9ClOS. The Morgan fingerprint density at radius 2 is 2.12 bits per heavy atom. The molecule has 1 heterocycles. The van der Waals surface area contributed by atoms with Crippen molar-refractivity contribution in [3.63, 3.8) is 0 Å². The molecule has 0 N–H and O–H groups in total. The van der Waals surface area contributed by atoms with Gasteiger partial charge in [-0.1, -0.05) is 24.3 Å². The number of carbonyl (C=O) groups excluding carboxylic acids is 1. The molecule has 0 saturated carbocycles. The third-order valence-electron chi connectivity index (χ3n) is 2.15. The lowest BCUT2D eigenvalue weighted by Gasteiger charge is -1.99. The van der Waals surface area contributed by atoms with Gasteiger partial charge in [-0.05, 0) is 57.3 Å². The van der Waals surface area contributed by atoms with Crippen molar-refractivity contribution in [2.24, 2.45) is 0 Å². The molecule has 0 radical (unpaired) electrons. The molecule has 1 aromatic carbocycles. The van der Waals surface area contributed by atoms with Gasteiger partial charge in [-0.2, -0.15) is 11.3 Å². The minimum Gasteiger partial charge on any atom is -0.276 e. The van der Waals surface area contributed by atoms with Gasteiger partial charge in [0.2, 0.25) is 5.24 Å². The maximum absolute atomic E-state index is 10.6. The van der Waals surface area contributed by atoms with Crippen molar-refractivity contribution >= 4 is 34.3 Å². The average molecular weight is 249 g/mol.